The largest absolute Gasteiger partial charge is 0.342 e. The van der Waals surface area contributed by atoms with Crippen LogP contribution in [0, 0.1) is 0 Å². The minimum absolute atomic E-state index is 0.0251. The number of carbonyl (C=O) groups excluding carboxylic acids is 1. The maximum atomic E-state index is 12.7. The summed E-state index contributed by atoms with van der Waals surface area (Å²) in [7, 11) is 0. The van der Waals surface area contributed by atoms with Crippen molar-refractivity contribution in [3.05, 3.63) is 32.9 Å². The molecule has 3 aromatic rings. The Hall–Kier alpha value is -2.62. The molecule has 9 nitrogen and oxygen atoms in total. The molecule has 146 valence electrons. The number of likely N-dealkylation sites (tertiary alicyclic amines) is 1. The van der Waals surface area contributed by atoms with E-state index in [0.29, 0.717) is 31.9 Å². The molecule has 1 aliphatic heterocycles. The van der Waals surface area contributed by atoms with Crippen molar-refractivity contribution in [2.45, 2.75) is 51.0 Å². The highest BCUT2D eigenvalue weighted by atomic mass is 32.1. The predicted molar refractivity (Wildman–Crippen MR) is 103 cm³/mol. The van der Waals surface area contributed by atoms with E-state index in [0.717, 1.165) is 35.9 Å². The number of thiophene rings is 1. The monoisotopic (exact) mass is 399 g/mol. The molecule has 28 heavy (non-hydrogen) atoms. The van der Waals surface area contributed by atoms with Gasteiger partial charge in [-0.25, -0.2) is 9.67 Å². The van der Waals surface area contributed by atoms with Crippen molar-refractivity contribution in [3.63, 3.8) is 0 Å². The normalized spacial score (nSPS) is 19.3. The Morgan fingerprint density at radius 1 is 1.32 bits per heavy atom. The summed E-state index contributed by atoms with van der Waals surface area (Å²) in [6, 6.07) is 0. The fourth-order valence-corrected chi connectivity index (χ4v) is 5.50. The summed E-state index contributed by atoms with van der Waals surface area (Å²) in [5, 5.41) is 11.7. The second-order valence-electron chi connectivity index (χ2n) is 7.49. The number of aromatic nitrogens is 6. The number of nitrogens with zero attached hydrogens (tertiary/aromatic N) is 6. The lowest BCUT2D eigenvalue weighted by Crippen LogP contribution is -2.29. The number of tetrazole rings is 1. The molecular formula is C18H21N7O2S. The standard InChI is InChI=1S/C18H21N7O2S/c26-14(6-8-25-10-19-22-23-25)24-7-5-11(9-24)16-20-17(27)15-12-3-1-2-4-13(12)28-18(15)21-16/h10-11H,1-9H2,(H,20,21,27). The molecule has 1 aliphatic carbocycles. The number of nitrogens with one attached hydrogen (secondary N) is 1. The van der Waals surface area contributed by atoms with Gasteiger partial charge in [-0.2, -0.15) is 0 Å². The van der Waals surface area contributed by atoms with Gasteiger partial charge < -0.3 is 9.88 Å². The number of carbonyl (C=O) groups is 1. The molecule has 10 heteroatoms. The third-order valence-electron chi connectivity index (χ3n) is 5.72. The Bertz CT molecular complexity index is 1070. The minimum Gasteiger partial charge on any atom is -0.342 e. The van der Waals surface area contributed by atoms with E-state index >= 15 is 0 Å². The zero-order valence-electron chi connectivity index (χ0n) is 15.4. The number of aromatic amines is 1. The van der Waals surface area contributed by atoms with E-state index in [-0.39, 0.29) is 17.4 Å². The van der Waals surface area contributed by atoms with Gasteiger partial charge in [0, 0.05) is 30.3 Å². The summed E-state index contributed by atoms with van der Waals surface area (Å²) in [4.78, 5) is 37.1. The summed E-state index contributed by atoms with van der Waals surface area (Å²) in [6.45, 7) is 1.74. The van der Waals surface area contributed by atoms with Gasteiger partial charge in [-0.05, 0) is 48.1 Å². The van der Waals surface area contributed by atoms with Crippen LogP contribution in [0.5, 0.6) is 0 Å². The third-order valence-corrected chi connectivity index (χ3v) is 6.90. The second-order valence-corrected chi connectivity index (χ2v) is 8.57. The van der Waals surface area contributed by atoms with E-state index in [4.69, 9.17) is 4.98 Å². The van der Waals surface area contributed by atoms with Crippen molar-refractivity contribution >= 4 is 27.5 Å². The van der Waals surface area contributed by atoms with E-state index in [1.807, 2.05) is 4.90 Å². The van der Waals surface area contributed by atoms with Crippen LogP contribution in [0.25, 0.3) is 10.2 Å². The van der Waals surface area contributed by atoms with Crippen molar-refractivity contribution in [1.29, 1.82) is 0 Å². The van der Waals surface area contributed by atoms with E-state index in [1.165, 1.54) is 23.2 Å². The fourth-order valence-electron chi connectivity index (χ4n) is 4.23. The molecule has 0 aromatic carbocycles. The summed E-state index contributed by atoms with van der Waals surface area (Å²) in [5.74, 6) is 0.869. The van der Waals surface area contributed by atoms with Gasteiger partial charge in [0.05, 0.1) is 11.9 Å². The van der Waals surface area contributed by atoms with Crippen molar-refractivity contribution in [2.24, 2.45) is 0 Å². The first kappa shape index (κ1) is 17.5. The minimum atomic E-state index is -0.0251. The lowest BCUT2D eigenvalue weighted by atomic mass is 9.97. The first-order valence-electron chi connectivity index (χ1n) is 9.72. The van der Waals surface area contributed by atoms with E-state index < -0.39 is 0 Å². The molecule has 1 unspecified atom stereocenters. The Morgan fingerprint density at radius 3 is 3.07 bits per heavy atom. The van der Waals surface area contributed by atoms with E-state index in [2.05, 4.69) is 20.5 Å². The van der Waals surface area contributed by atoms with Gasteiger partial charge in [0.2, 0.25) is 5.91 Å². The van der Waals surface area contributed by atoms with Gasteiger partial charge in [0.25, 0.3) is 5.56 Å². The van der Waals surface area contributed by atoms with Crippen molar-refractivity contribution in [1.82, 2.24) is 35.1 Å². The number of fused-ring (bicyclic) bond motifs is 3. The maximum Gasteiger partial charge on any atom is 0.259 e. The zero-order valence-corrected chi connectivity index (χ0v) is 16.2. The molecular weight excluding hydrogens is 378 g/mol. The molecule has 5 rings (SSSR count). The highest BCUT2D eigenvalue weighted by Crippen LogP contribution is 2.34. The van der Waals surface area contributed by atoms with Gasteiger partial charge in [-0.3, -0.25) is 9.59 Å². The molecule has 1 fully saturated rings. The van der Waals surface area contributed by atoms with Crippen molar-refractivity contribution < 1.29 is 4.79 Å². The van der Waals surface area contributed by atoms with Gasteiger partial charge >= 0.3 is 0 Å². The van der Waals surface area contributed by atoms with Crippen LogP contribution in [-0.4, -0.2) is 54.1 Å². The van der Waals surface area contributed by atoms with E-state index in [9.17, 15) is 9.59 Å². The Morgan fingerprint density at radius 2 is 2.21 bits per heavy atom. The van der Waals surface area contributed by atoms with E-state index in [1.54, 1.807) is 16.0 Å². The van der Waals surface area contributed by atoms with Crippen LogP contribution in [-0.2, 0) is 24.2 Å². The molecule has 4 heterocycles. The first-order valence-corrected chi connectivity index (χ1v) is 10.5. The molecule has 1 saturated heterocycles. The SMILES string of the molecule is O=C(CCn1cnnn1)N1CCC(c2nc3sc4c(c3c(=O)[nH]2)CCCC4)C1. The molecule has 3 aromatic heterocycles. The van der Waals surface area contributed by atoms with Crippen LogP contribution < -0.4 is 5.56 Å². The van der Waals surface area contributed by atoms with Crippen LogP contribution in [0.2, 0.25) is 0 Å². The summed E-state index contributed by atoms with van der Waals surface area (Å²) >= 11 is 1.67. The molecule has 0 saturated carbocycles. The molecule has 1 N–H and O–H groups in total. The first-order chi connectivity index (χ1) is 13.7. The number of rotatable bonds is 4. The molecule has 1 amide bonds. The lowest BCUT2D eigenvalue weighted by molar-refractivity contribution is -0.130. The molecule has 0 spiro atoms. The summed E-state index contributed by atoms with van der Waals surface area (Å²) in [5.41, 5.74) is 1.18. The van der Waals surface area contributed by atoms with Crippen molar-refractivity contribution in [2.75, 3.05) is 13.1 Å². The molecule has 2 aliphatic rings. The van der Waals surface area contributed by atoms with Crippen LogP contribution in [0.4, 0.5) is 0 Å². The number of H-pyrrole nitrogens is 1. The Balaban J connectivity index is 1.32. The van der Waals surface area contributed by atoms with Crippen LogP contribution in [0.15, 0.2) is 11.1 Å². The molecule has 0 radical (unpaired) electrons. The topological polar surface area (TPSA) is 110 Å². The number of aryl methyl sites for hydroxylation is 3. The van der Waals surface area contributed by atoms with Gasteiger partial charge in [-0.1, -0.05) is 0 Å². The van der Waals surface area contributed by atoms with Gasteiger partial charge in [0.1, 0.15) is 17.0 Å². The van der Waals surface area contributed by atoms with Crippen LogP contribution >= 0.6 is 11.3 Å². The highest BCUT2D eigenvalue weighted by Gasteiger charge is 2.30. The average molecular weight is 399 g/mol. The predicted octanol–water partition coefficient (Wildman–Crippen LogP) is 1.26. The Kier molecular flexibility index (Phi) is 4.42. The van der Waals surface area contributed by atoms with Crippen molar-refractivity contribution in [3.8, 4) is 0 Å². The summed E-state index contributed by atoms with van der Waals surface area (Å²) < 4.78 is 1.55. The second kappa shape index (κ2) is 7.08. The zero-order chi connectivity index (χ0) is 19.1. The number of hydrogen-bond acceptors (Lipinski definition) is 7. The average Bonchev–Trinajstić information content (AvgIpc) is 3.44. The quantitative estimate of drug-likeness (QED) is 0.707. The summed E-state index contributed by atoms with van der Waals surface area (Å²) in [6.07, 6.45) is 7.04. The van der Waals surface area contributed by atoms with Crippen LogP contribution in [0.1, 0.15) is 47.9 Å². The van der Waals surface area contributed by atoms with Crippen LogP contribution in [0.3, 0.4) is 0 Å². The smallest absolute Gasteiger partial charge is 0.259 e. The maximum absolute atomic E-state index is 12.7. The molecule has 1 atom stereocenters. The number of amides is 1. The van der Waals surface area contributed by atoms with Gasteiger partial charge in [-0.15, -0.1) is 16.4 Å². The lowest BCUT2D eigenvalue weighted by Gasteiger charge is -2.16. The third kappa shape index (κ3) is 3.11. The highest BCUT2D eigenvalue weighted by molar-refractivity contribution is 7.18. The fraction of sp³-hybridized carbons (Fsp3) is 0.556. The number of hydrogen-bond donors (Lipinski definition) is 1. The Labute approximate surface area is 164 Å². The molecule has 0 bridgehead atoms. The van der Waals surface area contributed by atoms with Gasteiger partial charge in [0.15, 0.2) is 0 Å².